The first-order valence-corrected chi connectivity index (χ1v) is 12.4. The average molecular weight is 534 g/mol. The van der Waals surface area contributed by atoms with E-state index in [0.717, 1.165) is 12.0 Å². The van der Waals surface area contributed by atoms with Crippen molar-refractivity contribution in [1.82, 2.24) is 10.2 Å². The molecule has 0 unspecified atom stereocenters. The van der Waals surface area contributed by atoms with Gasteiger partial charge in [0.15, 0.2) is 6.61 Å². The van der Waals surface area contributed by atoms with Crippen LogP contribution in [-0.4, -0.2) is 35.9 Å². The Labute approximate surface area is 220 Å². The number of ether oxygens (including phenoxy) is 1. The first-order valence-electron chi connectivity index (χ1n) is 11.3. The van der Waals surface area contributed by atoms with Crippen molar-refractivity contribution in [2.45, 2.75) is 32.4 Å². The Morgan fingerprint density at radius 1 is 0.943 bits per heavy atom. The third-order valence-electron chi connectivity index (χ3n) is 5.35. The number of benzene rings is 3. The molecule has 0 fully saturated rings. The van der Waals surface area contributed by atoms with Gasteiger partial charge in [-0.3, -0.25) is 9.59 Å². The molecule has 0 spiro atoms. The van der Waals surface area contributed by atoms with Gasteiger partial charge in [0.25, 0.3) is 5.91 Å². The molecular weight excluding hydrogens is 507 g/mol. The van der Waals surface area contributed by atoms with E-state index >= 15 is 0 Å². The number of carbonyl (C=O) groups excluding carboxylic acids is 2. The summed E-state index contributed by atoms with van der Waals surface area (Å²) in [5.41, 5.74) is 1.61. The molecule has 3 aromatic rings. The lowest BCUT2D eigenvalue weighted by atomic mass is 10.0. The summed E-state index contributed by atoms with van der Waals surface area (Å²) in [6.07, 6.45) is 1.12. The Kier molecular flexibility index (Phi) is 10.3. The highest BCUT2D eigenvalue weighted by Gasteiger charge is 2.31. The number of rotatable bonds is 11. The second kappa shape index (κ2) is 13.4. The van der Waals surface area contributed by atoms with E-state index < -0.39 is 6.04 Å². The summed E-state index contributed by atoms with van der Waals surface area (Å²) in [5, 5.41) is 4.41. The fourth-order valence-electron chi connectivity index (χ4n) is 3.51. The third kappa shape index (κ3) is 8.17. The first-order chi connectivity index (χ1) is 16.9. The summed E-state index contributed by atoms with van der Waals surface area (Å²) in [6.45, 7) is 2.35. The van der Waals surface area contributed by atoms with E-state index in [-0.39, 0.29) is 25.0 Å². The molecule has 8 heteroatoms. The van der Waals surface area contributed by atoms with Gasteiger partial charge in [-0.1, -0.05) is 78.1 Å². The van der Waals surface area contributed by atoms with Crippen LogP contribution in [0.15, 0.2) is 72.8 Å². The smallest absolute Gasteiger partial charge is 0.261 e. The van der Waals surface area contributed by atoms with Gasteiger partial charge in [0.2, 0.25) is 5.91 Å². The highest BCUT2D eigenvalue weighted by molar-refractivity contribution is 6.35. The maximum Gasteiger partial charge on any atom is 0.261 e. The molecule has 35 heavy (non-hydrogen) atoms. The molecule has 0 aliphatic heterocycles. The predicted octanol–water partition coefficient (Wildman–Crippen LogP) is 6.19. The normalized spacial score (nSPS) is 11.5. The van der Waals surface area contributed by atoms with Gasteiger partial charge in [-0.05, 0) is 53.9 Å². The van der Waals surface area contributed by atoms with Crippen molar-refractivity contribution in [2.24, 2.45) is 0 Å². The molecule has 0 aromatic heterocycles. The second-order valence-corrected chi connectivity index (χ2v) is 9.28. The maximum absolute atomic E-state index is 13.5. The Morgan fingerprint density at radius 2 is 1.63 bits per heavy atom. The molecule has 0 saturated carbocycles. The van der Waals surface area contributed by atoms with Crippen LogP contribution in [0.5, 0.6) is 5.75 Å². The highest BCUT2D eigenvalue weighted by atomic mass is 35.5. The second-order valence-electron chi connectivity index (χ2n) is 8.00. The van der Waals surface area contributed by atoms with E-state index in [1.54, 1.807) is 42.5 Å². The molecule has 0 aliphatic carbocycles. The lowest BCUT2D eigenvalue weighted by molar-refractivity contribution is -0.142. The molecule has 3 aromatic carbocycles. The van der Waals surface area contributed by atoms with E-state index in [2.05, 4.69) is 5.32 Å². The first kappa shape index (κ1) is 26.9. The molecule has 1 N–H and O–H groups in total. The van der Waals surface area contributed by atoms with Gasteiger partial charge in [-0.2, -0.15) is 0 Å². The lowest BCUT2D eigenvalue weighted by Crippen LogP contribution is -2.51. The van der Waals surface area contributed by atoms with Crippen LogP contribution in [0.2, 0.25) is 15.1 Å². The summed E-state index contributed by atoms with van der Waals surface area (Å²) >= 11 is 18.4. The van der Waals surface area contributed by atoms with Gasteiger partial charge in [0.1, 0.15) is 11.8 Å². The zero-order valence-electron chi connectivity index (χ0n) is 19.3. The van der Waals surface area contributed by atoms with Gasteiger partial charge < -0.3 is 15.0 Å². The quantitative estimate of drug-likeness (QED) is 0.320. The van der Waals surface area contributed by atoms with Crippen LogP contribution < -0.4 is 10.1 Å². The molecule has 3 rings (SSSR count). The van der Waals surface area contributed by atoms with Gasteiger partial charge in [0, 0.05) is 34.6 Å². The molecule has 0 saturated heterocycles. The molecular formula is C27H27Cl3N2O3. The average Bonchev–Trinajstić information content (AvgIpc) is 2.86. The zero-order valence-corrected chi connectivity index (χ0v) is 21.6. The van der Waals surface area contributed by atoms with Crippen LogP contribution in [0.4, 0.5) is 0 Å². The SMILES string of the molecule is CCCNC(=O)[C@H](Cc1ccccc1)N(Cc1ccc(Cl)cc1Cl)C(=O)COc1ccc(Cl)cc1. The Bertz CT molecular complexity index is 1120. The molecule has 184 valence electrons. The number of hydrogen-bond donors (Lipinski definition) is 1. The topological polar surface area (TPSA) is 58.6 Å². The number of amides is 2. The van der Waals surface area contributed by atoms with Crippen LogP contribution in [0.25, 0.3) is 0 Å². The molecule has 1 atom stereocenters. The van der Waals surface area contributed by atoms with Gasteiger partial charge in [0.05, 0.1) is 0 Å². The fourth-order valence-corrected chi connectivity index (χ4v) is 4.11. The minimum absolute atomic E-state index is 0.121. The minimum atomic E-state index is -0.767. The molecule has 2 amide bonds. The number of nitrogens with zero attached hydrogens (tertiary/aromatic N) is 1. The highest BCUT2D eigenvalue weighted by Crippen LogP contribution is 2.24. The number of halogens is 3. The number of hydrogen-bond acceptors (Lipinski definition) is 3. The Balaban J connectivity index is 1.91. The van der Waals surface area contributed by atoms with Crippen molar-refractivity contribution in [3.8, 4) is 5.75 Å². The van der Waals surface area contributed by atoms with Crippen molar-refractivity contribution in [3.05, 3.63) is 99.0 Å². The van der Waals surface area contributed by atoms with Crippen LogP contribution >= 0.6 is 34.8 Å². The minimum Gasteiger partial charge on any atom is -0.484 e. The number of carbonyl (C=O) groups is 2. The largest absolute Gasteiger partial charge is 0.484 e. The van der Waals surface area contributed by atoms with E-state index in [9.17, 15) is 9.59 Å². The third-order valence-corrected chi connectivity index (χ3v) is 6.19. The van der Waals surface area contributed by atoms with Crippen LogP contribution in [0.1, 0.15) is 24.5 Å². The monoisotopic (exact) mass is 532 g/mol. The fraction of sp³-hybridized carbons (Fsp3) is 0.259. The molecule has 5 nitrogen and oxygen atoms in total. The molecule has 0 aliphatic rings. The zero-order chi connectivity index (χ0) is 25.2. The molecule has 0 radical (unpaired) electrons. The summed E-state index contributed by atoms with van der Waals surface area (Å²) < 4.78 is 5.72. The maximum atomic E-state index is 13.5. The molecule has 0 heterocycles. The summed E-state index contributed by atoms with van der Waals surface area (Å²) in [7, 11) is 0. The lowest BCUT2D eigenvalue weighted by Gasteiger charge is -2.31. The van der Waals surface area contributed by atoms with Crippen LogP contribution in [0, 0.1) is 0 Å². The number of nitrogens with one attached hydrogen (secondary N) is 1. The molecule has 0 bridgehead atoms. The summed E-state index contributed by atoms with van der Waals surface area (Å²) in [5.74, 6) is -0.0820. The van der Waals surface area contributed by atoms with E-state index in [0.29, 0.717) is 39.3 Å². The summed E-state index contributed by atoms with van der Waals surface area (Å²) in [4.78, 5) is 28.3. The Hall–Kier alpha value is -2.73. The van der Waals surface area contributed by atoms with Crippen molar-refractivity contribution < 1.29 is 14.3 Å². The van der Waals surface area contributed by atoms with Gasteiger partial charge >= 0.3 is 0 Å². The van der Waals surface area contributed by atoms with Gasteiger partial charge in [-0.25, -0.2) is 0 Å². The van der Waals surface area contributed by atoms with Crippen molar-refractivity contribution in [3.63, 3.8) is 0 Å². The van der Waals surface area contributed by atoms with E-state index in [1.165, 1.54) is 4.90 Å². The van der Waals surface area contributed by atoms with E-state index in [1.807, 2.05) is 37.3 Å². The van der Waals surface area contributed by atoms with Crippen molar-refractivity contribution in [2.75, 3.05) is 13.2 Å². The van der Waals surface area contributed by atoms with Crippen molar-refractivity contribution >= 4 is 46.6 Å². The predicted molar refractivity (Wildman–Crippen MR) is 141 cm³/mol. The van der Waals surface area contributed by atoms with Crippen molar-refractivity contribution in [1.29, 1.82) is 0 Å². The van der Waals surface area contributed by atoms with Crippen LogP contribution in [0.3, 0.4) is 0 Å². The Morgan fingerprint density at radius 3 is 2.29 bits per heavy atom. The summed E-state index contributed by atoms with van der Waals surface area (Å²) in [6, 6.07) is 20.6. The standard InChI is InChI=1S/C27H27Cl3N2O3/c1-2-14-31-27(34)25(15-19-6-4-3-5-7-19)32(17-20-8-9-22(29)16-24(20)30)26(33)18-35-23-12-10-21(28)11-13-23/h3-13,16,25H,2,14-15,17-18H2,1H3,(H,31,34)/t25-/m0/s1. The van der Waals surface area contributed by atoms with Crippen LogP contribution in [-0.2, 0) is 22.6 Å². The van der Waals surface area contributed by atoms with Gasteiger partial charge in [-0.15, -0.1) is 0 Å². The van der Waals surface area contributed by atoms with E-state index in [4.69, 9.17) is 39.5 Å².